The van der Waals surface area contributed by atoms with Gasteiger partial charge in [-0.1, -0.05) is 12.1 Å². The summed E-state index contributed by atoms with van der Waals surface area (Å²) in [6.45, 7) is 0. The van der Waals surface area contributed by atoms with Crippen molar-refractivity contribution in [1.82, 2.24) is 19.8 Å². The Kier molecular flexibility index (Phi) is 4.14. The van der Waals surface area contributed by atoms with Crippen LogP contribution in [0.3, 0.4) is 0 Å². The molecule has 4 rings (SSSR count). The van der Waals surface area contributed by atoms with Gasteiger partial charge in [0.25, 0.3) is 5.91 Å². The zero-order valence-corrected chi connectivity index (χ0v) is 15.1. The quantitative estimate of drug-likeness (QED) is 0.493. The highest BCUT2D eigenvalue weighted by molar-refractivity contribution is 14.1. The lowest BCUT2D eigenvalue weighted by molar-refractivity contribution is 0.102. The van der Waals surface area contributed by atoms with Crippen LogP contribution in [0, 0.1) is 3.57 Å². The maximum Gasteiger partial charge on any atom is 0.255 e. The summed E-state index contributed by atoms with van der Waals surface area (Å²) in [6.07, 6.45) is 1.56. The Morgan fingerprint density at radius 2 is 1.88 bits per heavy atom. The molecule has 0 bridgehead atoms. The van der Waals surface area contributed by atoms with Crippen molar-refractivity contribution in [2.75, 3.05) is 5.32 Å². The minimum Gasteiger partial charge on any atom is -0.322 e. The fourth-order valence-electron chi connectivity index (χ4n) is 2.44. The number of fused-ring (bicyclic) bond motifs is 1. The minimum atomic E-state index is -0.143. The number of halogens is 1. The lowest BCUT2D eigenvalue weighted by Gasteiger charge is -2.08. The van der Waals surface area contributed by atoms with Gasteiger partial charge in [0.15, 0.2) is 5.65 Å². The molecule has 0 saturated carbocycles. The number of hydrogen-bond acceptors (Lipinski definition) is 4. The summed E-state index contributed by atoms with van der Waals surface area (Å²) in [6, 6.07) is 18.7. The minimum absolute atomic E-state index is 0.143. The SMILES string of the molecule is O=C(Nc1cccc(-c2ccc3nncn3n2)c1)c1ccc(I)cc1. The number of nitrogens with one attached hydrogen (secondary N) is 1. The highest BCUT2D eigenvalue weighted by atomic mass is 127. The summed E-state index contributed by atoms with van der Waals surface area (Å²) in [7, 11) is 0. The fraction of sp³-hybridized carbons (Fsp3) is 0. The van der Waals surface area contributed by atoms with Gasteiger partial charge in [-0.25, -0.2) is 0 Å². The smallest absolute Gasteiger partial charge is 0.255 e. The molecule has 6 nitrogen and oxygen atoms in total. The van der Waals surface area contributed by atoms with Crippen molar-refractivity contribution in [3.8, 4) is 11.3 Å². The van der Waals surface area contributed by atoms with Crippen LogP contribution in [0.15, 0.2) is 67.0 Å². The first-order valence-corrected chi connectivity index (χ1v) is 8.61. The molecule has 0 fully saturated rings. The number of carbonyl (C=O) groups is 1. The molecule has 0 aliphatic heterocycles. The van der Waals surface area contributed by atoms with E-state index in [1.165, 1.54) is 0 Å². The van der Waals surface area contributed by atoms with Crippen LogP contribution >= 0.6 is 22.6 Å². The summed E-state index contributed by atoms with van der Waals surface area (Å²) >= 11 is 2.21. The van der Waals surface area contributed by atoms with Crippen LogP contribution in [0.1, 0.15) is 10.4 Å². The van der Waals surface area contributed by atoms with Gasteiger partial charge < -0.3 is 5.32 Å². The largest absolute Gasteiger partial charge is 0.322 e. The van der Waals surface area contributed by atoms with Gasteiger partial charge in [-0.05, 0) is 71.1 Å². The molecule has 0 aliphatic rings. The standard InChI is InChI=1S/C18H12IN5O/c19-14-6-4-12(5-7-14)18(25)21-15-3-1-2-13(10-15)16-8-9-17-22-20-11-24(17)23-16/h1-11H,(H,21,25). The molecule has 1 N–H and O–H groups in total. The molecule has 25 heavy (non-hydrogen) atoms. The van der Waals surface area contributed by atoms with Crippen molar-refractivity contribution < 1.29 is 4.79 Å². The van der Waals surface area contributed by atoms with Crippen molar-refractivity contribution in [3.05, 3.63) is 76.1 Å². The van der Waals surface area contributed by atoms with Crippen molar-refractivity contribution in [2.24, 2.45) is 0 Å². The summed E-state index contributed by atoms with van der Waals surface area (Å²) in [4.78, 5) is 12.4. The number of aromatic nitrogens is 4. The first-order valence-electron chi connectivity index (χ1n) is 7.53. The van der Waals surface area contributed by atoms with Gasteiger partial charge in [-0.15, -0.1) is 10.2 Å². The van der Waals surface area contributed by atoms with E-state index in [1.807, 2.05) is 60.7 Å². The molecule has 7 heteroatoms. The Bertz CT molecular complexity index is 1060. The van der Waals surface area contributed by atoms with E-state index >= 15 is 0 Å². The van der Waals surface area contributed by atoms with Gasteiger partial charge in [0.1, 0.15) is 6.33 Å². The summed E-state index contributed by atoms with van der Waals surface area (Å²) in [5.74, 6) is -0.143. The number of rotatable bonds is 3. The van der Waals surface area contributed by atoms with Crippen molar-refractivity contribution in [2.45, 2.75) is 0 Å². The van der Waals surface area contributed by atoms with Crippen molar-refractivity contribution >= 4 is 39.8 Å². The Labute approximate surface area is 157 Å². The zero-order chi connectivity index (χ0) is 17.2. The van der Waals surface area contributed by atoms with E-state index in [4.69, 9.17) is 0 Å². The molecule has 0 saturated heterocycles. The van der Waals surface area contributed by atoms with Gasteiger partial charge in [0.05, 0.1) is 5.69 Å². The number of hydrogen-bond donors (Lipinski definition) is 1. The average Bonchev–Trinajstić information content (AvgIpc) is 3.10. The normalized spacial score (nSPS) is 10.8. The fourth-order valence-corrected chi connectivity index (χ4v) is 2.80. The molecule has 1 amide bonds. The molecule has 4 aromatic rings. The predicted octanol–water partition coefficient (Wildman–Crippen LogP) is 3.65. The van der Waals surface area contributed by atoms with E-state index in [2.05, 4.69) is 43.2 Å². The van der Waals surface area contributed by atoms with E-state index in [1.54, 1.807) is 10.8 Å². The van der Waals surface area contributed by atoms with Crippen LogP contribution in [0.4, 0.5) is 5.69 Å². The maximum absolute atomic E-state index is 12.4. The Morgan fingerprint density at radius 1 is 1.04 bits per heavy atom. The highest BCUT2D eigenvalue weighted by Gasteiger charge is 2.08. The monoisotopic (exact) mass is 441 g/mol. The van der Waals surface area contributed by atoms with E-state index in [0.29, 0.717) is 16.9 Å². The topological polar surface area (TPSA) is 72.2 Å². The molecule has 0 aliphatic carbocycles. The first kappa shape index (κ1) is 15.7. The summed E-state index contributed by atoms with van der Waals surface area (Å²) in [5.41, 5.74) is 3.70. The number of nitrogens with zero attached hydrogens (tertiary/aromatic N) is 4. The second-order valence-corrected chi connectivity index (χ2v) is 6.64. The van der Waals surface area contributed by atoms with Gasteiger partial charge in [-0.3, -0.25) is 4.79 Å². The van der Waals surface area contributed by atoms with E-state index in [9.17, 15) is 4.79 Å². The number of carbonyl (C=O) groups excluding carboxylic acids is 1. The molecular formula is C18H12IN5O. The van der Waals surface area contributed by atoms with Crippen LogP contribution in [-0.4, -0.2) is 25.7 Å². The van der Waals surface area contributed by atoms with Crippen LogP contribution < -0.4 is 5.32 Å². The van der Waals surface area contributed by atoms with Gasteiger partial charge in [0, 0.05) is 20.4 Å². The second-order valence-electron chi connectivity index (χ2n) is 5.39. The Balaban J connectivity index is 1.60. The van der Waals surface area contributed by atoms with Gasteiger partial charge >= 0.3 is 0 Å². The van der Waals surface area contributed by atoms with Crippen LogP contribution in [-0.2, 0) is 0 Å². The first-order chi connectivity index (χ1) is 12.2. The lowest BCUT2D eigenvalue weighted by atomic mass is 10.1. The predicted molar refractivity (Wildman–Crippen MR) is 103 cm³/mol. The molecule has 2 aromatic carbocycles. The number of amides is 1. The molecule has 0 radical (unpaired) electrons. The van der Waals surface area contributed by atoms with Gasteiger partial charge in [0.2, 0.25) is 0 Å². The summed E-state index contributed by atoms with van der Waals surface area (Å²) in [5, 5.41) is 15.2. The molecule has 2 heterocycles. The van der Waals surface area contributed by atoms with E-state index < -0.39 is 0 Å². The summed E-state index contributed by atoms with van der Waals surface area (Å²) < 4.78 is 2.71. The van der Waals surface area contributed by atoms with E-state index in [-0.39, 0.29) is 5.91 Å². The third-order valence-electron chi connectivity index (χ3n) is 3.68. The van der Waals surface area contributed by atoms with E-state index in [0.717, 1.165) is 14.8 Å². The van der Waals surface area contributed by atoms with Crippen molar-refractivity contribution in [3.63, 3.8) is 0 Å². The number of anilines is 1. The van der Waals surface area contributed by atoms with Crippen LogP contribution in [0.25, 0.3) is 16.9 Å². The number of benzene rings is 2. The zero-order valence-electron chi connectivity index (χ0n) is 12.9. The van der Waals surface area contributed by atoms with Crippen molar-refractivity contribution in [1.29, 1.82) is 0 Å². The molecule has 0 spiro atoms. The third-order valence-corrected chi connectivity index (χ3v) is 4.40. The molecule has 2 aromatic heterocycles. The van der Waals surface area contributed by atoms with Crippen LogP contribution in [0.2, 0.25) is 0 Å². The average molecular weight is 441 g/mol. The third kappa shape index (κ3) is 3.36. The molecule has 0 unspecified atom stereocenters. The second kappa shape index (κ2) is 6.60. The molecular weight excluding hydrogens is 429 g/mol. The Hall–Kier alpha value is -2.81. The van der Waals surface area contributed by atoms with Gasteiger partial charge in [-0.2, -0.15) is 9.61 Å². The highest BCUT2D eigenvalue weighted by Crippen LogP contribution is 2.21. The molecule has 0 atom stereocenters. The maximum atomic E-state index is 12.4. The lowest BCUT2D eigenvalue weighted by Crippen LogP contribution is -2.11. The molecule has 122 valence electrons. The van der Waals surface area contributed by atoms with Crippen LogP contribution in [0.5, 0.6) is 0 Å². The Morgan fingerprint density at radius 3 is 2.72 bits per heavy atom.